The Balaban J connectivity index is 1.78. The van der Waals surface area contributed by atoms with Crippen LogP contribution in [-0.2, 0) is 24.2 Å². The fourth-order valence-corrected chi connectivity index (χ4v) is 6.17. The van der Waals surface area contributed by atoms with Gasteiger partial charge in [0.2, 0.25) is 6.41 Å². The first kappa shape index (κ1) is 20.6. The van der Waals surface area contributed by atoms with E-state index in [9.17, 15) is 23.2 Å². The Morgan fingerprint density at radius 2 is 1.93 bits per heavy atom. The molecule has 2 aliphatic heterocycles. The molecule has 2 heterocycles. The third kappa shape index (κ3) is 3.85. The molecule has 0 radical (unpaired) electrons. The van der Waals surface area contributed by atoms with Gasteiger partial charge in [0, 0.05) is 31.9 Å². The highest BCUT2D eigenvalue weighted by Gasteiger charge is 2.59. The zero-order valence-electron chi connectivity index (χ0n) is 15.7. The Morgan fingerprint density at radius 3 is 2.39 bits per heavy atom. The Morgan fingerprint density at radius 1 is 1.32 bits per heavy atom. The van der Waals surface area contributed by atoms with Crippen molar-refractivity contribution in [2.24, 2.45) is 0 Å². The molecule has 0 aromatic heterocycles. The molecule has 2 N–H and O–H groups in total. The third-order valence-electron chi connectivity index (χ3n) is 5.62. The number of carbonyl (C=O) groups excluding carboxylic acids is 2. The molecule has 3 rings (SSSR count). The van der Waals surface area contributed by atoms with Crippen LogP contribution in [0.15, 0.2) is 30.3 Å². The van der Waals surface area contributed by atoms with Crippen molar-refractivity contribution in [3.8, 4) is 0 Å². The molecule has 0 bridgehead atoms. The summed E-state index contributed by atoms with van der Waals surface area (Å²) in [5.74, 6) is -1.60. The SMILES string of the molecule is COC1(C(C(=O)NO)N(C=O)C2CCN(c3ccccc3)CC2)CS(=O)(=O)C1. The van der Waals surface area contributed by atoms with Crippen molar-refractivity contribution in [1.29, 1.82) is 0 Å². The van der Waals surface area contributed by atoms with Crippen molar-refractivity contribution < 1.29 is 28.0 Å². The van der Waals surface area contributed by atoms with Crippen LogP contribution in [0.5, 0.6) is 0 Å². The minimum Gasteiger partial charge on any atom is -0.373 e. The molecule has 154 valence electrons. The molecule has 1 unspecified atom stereocenters. The fourth-order valence-electron chi connectivity index (χ4n) is 4.22. The van der Waals surface area contributed by atoms with E-state index in [1.165, 1.54) is 12.0 Å². The van der Waals surface area contributed by atoms with Gasteiger partial charge in [0.15, 0.2) is 9.84 Å². The number of anilines is 1. The van der Waals surface area contributed by atoms with E-state index in [0.717, 1.165) is 5.69 Å². The molecule has 28 heavy (non-hydrogen) atoms. The average molecular weight is 411 g/mol. The number of methoxy groups -OCH3 is 1. The summed E-state index contributed by atoms with van der Waals surface area (Å²) in [5.41, 5.74) is 1.29. The Kier molecular flexibility index (Phi) is 5.92. The van der Waals surface area contributed by atoms with Crippen LogP contribution in [0.2, 0.25) is 0 Å². The van der Waals surface area contributed by atoms with Crippen molar-refractivity contribution in [2.45, 2.75) is 30.5 Å². The molecular weight excluding hydrogens is 386 g/mol. The highest BCUT2D eigenvalue weighted by Crippen LogP contribution is 2.35. The third-order valence-corrected chi connectivity index (χ3v) is 7.48. The predicted octanol–water partition coefficient (Wildman–Crippen LogP) is -0.199. The number of piperidine rings is 1. The second-order valence-electron chi connectivity index (χ2n) is 7.29. The number of hydrogen-bond acceptors (Lipinski definition) is 7. The van der Waals surface area contributed by atoms with Crippen molar-refractivity contribution in [2.75, 3.05) is 36.6 Å². The molecule has 1 aromatic rings. The molecular formula is C18H25N3O6S. The lowest BCUT2D eigenvalue weighted by Crippen LogP contribution is -2.72. The van der Waals surface area contributed by atoms with Crippen molar-refractivity contribution in [3.05, 3.63) is 30.3 Å². The highest BCUT2D eigenvalue weighted by molar-refractivity contribution is 7.93. The largest absolute Gasteiger partial charge is 0.373 e. The second-order valence-corrected chi connectivity index (χ2v) is 9.35. The highest BCUT2D eigenvalue weighted by atomic mass is 32.2. The summed E-state index contributed by atoms with van der Waals surface area (Å²) in [6, 6.07) is 8.39. The van der Waals surface area contributed by atoms with Gasteiger partial charge in [-0.2, -0.15) is 0 Å². The van der Waals surface area contributed by atoms with E-state index < -0.39 is 27.4 Å². The Labute approximate surface area is 164 Å². The van der Waals surface area contributed by atoms with Crippen LogP contribution in [-0.4, -0.2) is 80.2 Å². The van der Waals surface area contributed by atoms with Crippen LogP contribution in [0.25, 0.3) is 0 Å². The van der Waals surface area contributed by atoms with E-state index in [4.69, 9.17) is 4.74 Å². The van der Waals surface area contributed by atoms with Gasteiger partial charge in [-0.1, -0.05) is 18.2 Å². The van der Waals surface area contributed by atoms with Crippen molar-refractivity contribution in [3.63, 3.8) is 0 Å². The molecule has 10 heteroatoms. The lowest BCUT2D eigenvalue weighted by Gasteiger charge is -2.50. The summed E-state index contributed by atoms with van der Waals surface area (Å²) in [6.45, 7) is 1.37. The zero-order valence-corrected chi connectivity index (χ0v) is 16.5. The lowest BCUT2D eigenvalue weighted by atomic mass is 9.91. The topological polar surface area (TPSA) is 116 Å². The minimum atomic E-state index is -3.34. The van der Waals surface area contributed by atoms with Crippen LogP contribution in [0, 0.1) is 0 Å². The molecule has 9 nitrogen and oxygen atoms in total. The van der Waals surface area contributed by atoms with Crippen molar-refractivity contribution in [1.82, 2.24) is 10.4 Å². The standard InChI is InChI=1S/C18H25N3O6S/c1-27-18(11-28(25,26)12-18)16(17(23)19-24)21(13-22)15-7-9-20(10-8-15)14-5-3-2-4-6-14/h2-6,13,15-16,24H,7-12H2,1H3,(H,19,23). The predicted molar refractivity (Wildman–Crippen MR) is 102 cm³/mol. The van der Waals surface area contributed by atoms with Crippen LogP contribution in [0.3, 0.4) is 0 Å². The second kappa shape index (κ2) is 8.06. The van der Waals surface area contributed by atoms with E-state index in [-0.39, 0.29) is 17.5 Å². The number of hydrogen-bond donors (Lipinski definition) is 2. The first-order valence-electron chi connectivity index (χ1n) is 9.08. The van der Waals surface area contributed by atoms with Gasteiger partial charge in [-0.25, -0.2) is 13.9 Å². The number of carbonyl (C=O) groups is 2. The van der Waals surface area contributed by atoms with E-state index in [1.54, 1.807) is 5.48 Å². The number of rotatable bonds is 7. The number of hydroxylamine groups is 1. The van der Waals surface area contributed by atoms with Crippen LogP contribution in [0.4, 0.5) is 5.69 Å². The molecule has 1 aromatic carbocycles. The van der Waals surface area contributed by atoms with E-state index in [0.29, 0.717) is 32.3 Å². The maximum atomic E-state index is 12.4. The first-order chi connectivity index (χ1) is 13.4. The number of para-hydroxylation sites is 1. The molecule has 2 fully saturated rings. The van der Waals surface area contributed by atoms with Crippen LogP contribution in [0.1, 0.15) is 12.8 Å². The van der Waals surface area contributed by atoms with Gasteiger partial charge in [-0.15, -0.1) is 0 Å². The Bertz CT molecular complexity index is 796. The van der Waals surface area contributed by atoms with Gasteiger partial charge in [-0.05, 0) is 25.0 Å². The van der Waals surface area contributed by atoms with E-state index >= 15 is 0 Å². The number of nitrogens with zero attached hydrogens (tertiary/aromatic N) is 2. The number of amides is 2. The summed E-state index contributed by atoms with van der Waals surface area (Å²) in [7, 11) is -2.03. The summed E-state index contributed by atoms with van der Waals surface area (Å²) in [6.07, 6.45) is 1.76. The molecule has 0 aliphatic carbocycles. The fraction of sp³-hybridized carbons (Fsp3) is 0.556. The number of sulfone groups is 1. The quantitative estimate of drug-likeness (QED) is 0.363. The minimum absolute atomic E-state index is 0.268. The van der Waals surface area contributed by atoms with E-state index in [1.807, 2.05) is 30.3 Å². The summed E-state index contributed by atoms with van der Waals surface area (Å²) in [5, 5.41) is 9.19. The molecule has 2 aliphatic rings. The Hall–Kier alpha value is -2.17. The summed E-state index contributed by atoms with van der Waals surface area (Å²) < 4.78 is 28.9. The van der Waals surface area contributed by atoms with Crippen LogP contribution >= 0.6 is 0 Å². The smallest absolute Gasteiger partial charge is 0.269 e. The number of benzene rings is 1. The maximum Gasteiger partial charge on any atom is 0.269 e. The average Bonchev–Trinajstić information content (AvgIpc) is 2.70. The van der Waals surface area contributed by atoms with Crippen LogP contribution < -0.4 is 10.4 Å². The summed E-state index contributed by atoms with van der Waals surface area (Å²) >= 11 is 0. The van der Waals surface area contributed by atoms with Gasteiger partial charge >= 0.3 is 0 Å². The van der Waals surface area contributed by atoms with Gasteiger partial charge in [-0.3, -0.25) is 14.8 Å². The molecule has 0 spiro atoms. The molecule has 2 amide bonds. The molecule has 0 saturated carbocycles. The monoisotopic (exact) mass is 411 g/mol. The van der Waals surface area contributed by atoms with Gasteiger partial charge in [0.25, 0.3) is 5.91 Å². The van der Waals surface area contributed by atoms with Gasteiger partial charge in [0.1, 0.15) is 11.6 Å². The first-order valence-corrected chi connectivity index (χ1v) is 10.9. The maximum absolute atomic E-state index is 12.4. The van der Waals surface area contributed by atoms with Gasteiger partial charge < -0.3 is 14.5 Å². The van der Waals surface area contributed by atoms with E-state index in [2.05, 4.69) is 4.90 Å². The molecule has 2 saturated heterocycles. The summed E-state index contributed by atoms with van der Waals surface area (Å²) in [4.78, 5) is 27.8. The molecule has 1 atom stereocenters. The van der Waals surface area contributed by atoms with Gasteiger partial charge in [0.05, 0.1) is 11.5 Å². The normalized spacial score (nSPS) is 22.0. The number of nitrogens with one attached hydrogen (secondary N) is 1. The zero-order chi connectivity index (χ0) is 20.4. The number of ether oxygens (including phenoxy) is 1. The van der Waals surface area contributed by atoms with Crippen molar-refractivity contribution >= 4 is 27.8 Å². The lowest BCUT2D eigenvalue weighted by molar-refractivity contribution is -0.155.